The molecule has 1 aliphatic carbocycles. The van der Waals surface area contributed by atoms with E-state index < -0.39 is 7.14 Å². The number of benzene rings is 2. The standard InChI is InChI=1S/C18H19OP/c19-20(16-10-4-1-5-11-16,17-12-6-2-7-13-17)18-14-8-3-9-15-18/h1-2,4-7,10-14H,3,8-9,15H2. The van der Waals surface area contributed by atoms with Crippen molar-refractivity contribution in [2.45, 2.75) is 25.7 Å². The Morgan fingerprint density at radius 2 is 1.30 bits per heavy atom. The molecule has 1 nitrogen and oxygen atoms in total. The molecule has 1 aliphatic rings. The molecular formula is C18H19OP. The summed E-state index contributed by atoms with van der Waals surface area (Å²) in [6.45, 7) is 0. The van der Waals surface area contributed by atoms with E-state index in [9.17, 15) is 4.57 Å². The second-order valence-corrected chi connectivity index (χ2v) is 8.05. The normalized spacial score (nSPS) is 15.7. The molecule has 0 N–H and O–H groups in total. The van der Waals surface area contributed by atoms with Crippen LogP contribution >= 0.6 is 7.14 Å². The molecule has 0 heterocycles. The smallest absolute Gasteiger partial charge is 0.166 e. The molecule has 0 aliphatic heterocycles. The fourth-order valence-electron chi connectivity index (χ4n) is 2.86. The van der Waals surface area contributed by atoms with E-state index in [-0.39, 0.29) is 0 Å². The summed E-state index contributed by atoms with van der Waals surface area (Å²) in [5, 5.41) is 3.06. The minimum atomic E-state index is -2.64. The van der Waals surface area contributed by atoms with Crippen molar-refractivity contribution >= 4 is 17.8 Å². The van der Waals surface area contributed by atoms with E-state index in [1.165, 1.54) is 6.42 Å². The van der Waals surface area contributed by atoms with E-state index in [0.29, 0.717) is 0 Å². The predicted molar refractivity (Wildman–Crippen MR) is 86.3 cm³/mol. The maximum Gasteiger partial charge on any atom is 0.166 e. The van der Waals surface area contributed by atoms with Gasteiger partial charge in [0.1, 0.15) is 0 Å². The minimum Gasteiger partial charge on any atom is -0.309 e. The molecule has 0 fully saturated rings. The zero-order valence-corrected chi connectivity index (χ0v) is 12.4. The van der Waals surface area contributed by atoms with E-state index in [1.807, 2.05) is 60.7 Å². The van der Waals surface area contributed by atoms with Crippen LogP contribution in [-0.4, -0.2) is 0 Å². The molecule has 20 heavy (non-hydrogen) atoms. The molecule has 2 aromatic carbocycles. The van der Waals surface area contributed by atoms with Crippen molar-refractivity contribution in [2.24, 2.45) is 0 Å². The van der Waals surface area contributed by atoms with Crippen molar-refractivity contribution in [3.63, 3.8) is 0 Å². The monoisotopic (exact) mass is 282 g/mol. The molecule has 0 unspecified atom stereocenters. The van der Waals surface area contributed by atoms with Crippen LogP contribution in [0.25, 0.3) is 0 Å². The molecular weight excluding hydrogens is 263 g/mol. The van der Waals surface area contributed by atoms with Crippen molar-refractivity contribution in [1.29, 1.82) is 0 Å². The van der Waals surface area contributed by atoms with Crippen LogP contribution in [0.1, 0.15) is 25.7 Å². The average Bonchev–Trinajstić information content (AvgIpc) is 2.56. The van der Waals surface area contributed by atoms with Gasteiger partial charge in [-0.1, -0.05) is 66.7 Å². The second-order valence-electron chi connectivity index (χ2n) is 5.22. The van der Waals surface area contributed by atoms with Gasteiger partial charge in [0.2, 0.25) is 0 Å². The summed E-state index contributed by atoms with van der Waals surface area (Å²) in [6.07, 6.45) is 6.59. The highest BCUT2D eigenvalue weighted by Crippen LogP contribution is 2.54. The lowest BCUT2D eigenvalue weighted by atomic mass is 10.1. The summed E-state index contributed by atoms with van der Waals surface area (Å²) in [5.41, 5.74) is 0. The van der Waals surface area contributed by atoms with Gasteiger partial charge in [0.05, 0.1) is 0 Å². The van der Waals surface area contributed by atoms with Gasteiger partial charge in [0.15, 0.2) is 7.14 Å². The minimum absolute atomic E-state index is 0.958. The van der Waals surface area contributed by atoms with Crippen LogP contribution in [-0.2, 0) is 4.57 Å². The quantitative estimate of drug-likeness (QED) is 0.760. The molecule has 2 aromatic rings. The Hall–Kier alpha value is -1.59. The Labute approximate surface area is 120 Å². The molecule has 0 spiro atoms. The van der Waals surface area contributed by atoms with E-state index in [1.54, 1.807) is 0 Å². The Bertz CT molecular complexity index is 600. The number of hydrogen-bond donors (Lipinski definition) is 0. The molecule has 2 heteroatoms. The van der Waals surface area contributed by atoms with Crippen molar-refractivity contribution in [3.8, 4) is 0 Å². The van der Waals surface area contributed by atoms with Crippen molar-refractivity contribution in [2.75, 3.05) is 0 Å². The van der Waals surface area contributed by atoms with Crippen molar-refractivity contribution in [1.82, 2.24) is 0 Å². The molecule has 0 atom stereocenters. The molecule has 3 rings (SSSR count). The highest BCUT2D eigenvalue weighted by molar-refractivity contribution is 7.82. The Balaban J connectivity index is 2.18. The maximum absolute atomic E-state index is 13.9. The summed E-state index contributed by atoms with van der Waals surface area (Å²) in [5.74, 6) is 0. The van der Waals surface area contributed by atoms with Crippen molar-refractivity contribution in [3.05, 3.63) is 72.1 Å². The van der Waals surface area contributed by atoms with Gasteiger partial charge in [-0.2, -0.15) is 0 Å². The van der Waals surface area contributed by atoms with Gasteiger partial charge in [-0.3, -0.25) is 0 Å². The molecule has 0 bridgehead atoms. The fraction of sp³-hybridized carbons (Fsp3) is 0.222. The summed E-state index contributed by atoms with van der Waals surface area (Å²) >= 11 is 0. The first-order valence-corrected chi connectivity index (χ1v) is 8.93. The topological polar surface area (TPSA) is 17.1 Å². The van der Waals surface area contributed by atoms with Gasteiger partial charge in [-0.05, 0) is 31.0 Å². The number of rotatable bonds is 3. The van der Waals surface area contributed by atoms with Crippen LogP contribution in [0.2, 0.25) is 0 Å². The lowest BCUT2D eigenvalue weighted by Gasteiger charge is -2.25. The van der Waals surface area contributed by atoms with Gasteiger partial charge in [-0.15, -0.1) is 0 Å². The highest BCUT2D eigenvalue weighted by Gasteiger charge is 2.31. The van der Waals surface area contributed by atoms with Crippen LogP contribution in [0.4, 0.5) is 0 Å². The Kier molecular flexibility index (Phi) is 3.89. The van der Waals surface area contributed by atoms with Gasteiger partial charge in [0.25, 0.3) is 0 Å². The lowest BCUT2D eigenvalue weighted by Crippen LogP contribution is -2.18. The summed E-state index contributed by atoms with van der Waals surface area (Å²) in [4.78, 5) is 0. The van der Waals surface area contributed by atoms with E-state index in [2.05, 4.69) is 6.08 Å². The van der Waals surface area contributed by atoms with Gasteiger partial charge in [0, 0.05) is 10.6 Å². The second kappa shape index (κ2) is 5.81. The van der Waals surface area contributed by atoms with E-state index in [0.717, 1.165) is 35.2 Å². The van der Waals surface area contributed by atoms with Crippen LogP contribution in [0.15, 0.2) is 72.1 Å². The Morgan fingerprint density at radius 3 is 1.75 bits per heavy atom. The SMILES string of the molecule is O=P(C1=CCCCC1)(c1ccccc1)c1ccccc1. The maximum atomic E-state index is 13.9. The fourth-order valence-corrected chi connectivity index (χ4v) is 5.87. The largest absolute Gasteiger partial charge is 0.309 e. The van der Waals surface area contributed by atoms with Gasteiger partial charge in [-0.25, -0.2) is 0 Å². The van der Waals surface area contributed by atoms with Crippen LogP contribution in [0, 0.1) is 0 Å². The molecule has 0 saturated heterocycles. The molecule has 0 saturated carbocycles. The average molecular weight is 282 g/mol. The first-order valence-electron chi connectivity index (χ1n) is 7.23. The third-order valence-corrected chi connectivity index (χ3v) is 7.18. The third kappa shape index (κ3) is 2.39. The predicted octanol–water partition coefficient (Wildman–Crippen LogP) is 4.46. The summed E-state index contributed by atoms with van der Waals surface area (Å²) in [6, 6.07) is 19.9. The first-order chi connectivity index (χ1) is 9.82. The third-order valence-electron chi connectivity index (χ3n) is 3.91. The zero-order chi connectivity index (χ0) is 13.8. The van der Waals surface area contributed by atoms with E-state index in [4.69, 9.17) is 0 Å². The number of allylic oxidation sites excluding steroid dienone is 2. The highest BCUT2D eigenvalue weighted by atomic mass is 31.2. The zero-order valence-electron chi connectivity index (χ0n) is 11.5. The van der Waals surface area contributed by atoms with Gasteiger partial charge >= 0.3 is 0 Å². The summed E-state index contributed by atoms with van der Waals surface area (Å²) < 4.78 is 13.9. The first kappa shape index (κ1) is 13.4. The van der Waals surface area contributed by atoms with Crippen molar-refractivity contribution < 1.29 is 4.57 Å². The Morgan fingerprint density at radius 1 is 0.750 bits per heavy atom. The number of hydrogen-bond acceptors (Lipinski definition) is 1. The lowest BCUT2D eigenvalue weighted by molar-refractivity contribution is 0.586. The molecule has 0 aromatic heterocycles. The van der Waals surface area contributed by atoms with Gasteiger partial charge < -0.3 is 4.57 Å². The van der Waals surface area contributed by atoms with Crippen LogP contribution < -0.4 is 10.6 Å². The van der Waals surface area contributed by atoms with Crippen LogP contribution in [0.3, 0.4) is 0 Å². The van der Waals surface area contributed by atoms with E-state index >= 15 is 0 Å². The molecule has 102 valence electrons. The molecule has 0 amide bonds. The molecule has 0 radical (unpaired) electrons. The van der Waals surface area contributed by atoms with Crippen LogP contribution in [0.5, 0.6) is 0 Å². The summed E-state index contributed by atoms with van der Waals surface area (Å²) in [7, 11) is -2.64.